The van der Waals surface area contributed by atoms with Crippen LogP contribution in [0, 0.1) is 5.82 Å². The van der Waals surface area contributed by atoms with Gasteiger partial charge >= 0.3 is 5.97 Å². The van der Waals surface area contributed by atoms with Crippen molar-refractivity contribution in [1.82, 2.24) is 0 Å². The zero-order chi connectivity index (χ0) is 12.1. The Morgan fingerprint density at radius 3 is 2.81 bits per heavy atom. The van der Waals surface area contributed by atoms with Gasteiger partial charge < -0.3 is 14.9 Å². The molecule has 1 aromatic rings. The van der Waals surface area contributed by atoms with E-state index in [1.165, 1.54) is 25.1 Å². The molecule has 4 nitrogen and oxygen atoms in total. The van der Waals surface area contributed by atoms with Crippen LogP contribution < -0.4 is 4.74 Å². The second kappa shape index (κ2) is 5.27. The second-order valence-corrected chi connectivity index (χ2v) is 3.08. The van der Waals surface area contributed by atoms with Gasteiger partial charge in [-0.05, 0) is 30.7 Å². The number of halogens is 1. The topological polar surface area (TPSA) is 66.8 Å². The van der Waals surface area contributed by atoms with E-state index in [0.717, 1.165) is 12.1 Å². The fourth-order valence-corrected chi connectivity index (χ4v) is 1.07. The Morgan fingerprint density at radius 1 is 1.56 bits per heavy atom. The number of hydrogen-bond acceptors (Lipinski definition) is 3. The molecular formula is C11H11FO4. The van der Waals surface area contributed by atoms with E-state index < -0.39 is 18.1 Å². The molecule has 1 aromatic carbocycles. The SMILES string of the molecule is CC(O)Oc1cc(/C=C/C(=O)O)ccc1F. The summed E-state index contributed by atoms with van der Waals surface area (Å²) in [5, 5.41) is 17.4. The molecule has 86 valence electrons. The Balaban J connectivity index is 2.93. The number of aliphatic hydroxyl groups is 1. The summed E-state index contributed by atoms with van der Waals surface area (Å²) >= 11 is 0. The first-order valence-electron chi connectivity index (χ1n) is 4.54. The number of benzene rings is 1. The van der Waals surface area contributed by atoms with Gasteiger partial charge in [0.2, 0.25) is 0 Å². The minimum absolute atomic E-state index is 0.123. The van der Waals surface area contributed by atoms with Crippen molar-refractivity contribution in [1.29, 1.82) is 0 Å². The number of rotatable bonds is 4. The van der Waals surface area contributed by atoms with E-state index >= 15 is 0 Å². The quantitative estimate of drug-likeness (QED) is 0.605. The number of carboxylic acids is 1. The lowest BCUT2D eigenvalue weighted by Gasteiger charge is -2.09. The van der Waals surface area contributed by atoms with E-state index in [1.807, 2.05) is 0 Å². The van der Waals surface area contributed by atoms with Crippen molar-refractivity contribution in [2.45, 2.75) is 13.2 Å². The van der Waals surface area contributed by atoms with Crippen LogP contribution >= 0.6 is 0 Å². The van der Waals surface area contributed by atoms with Gasteiger partial charge in [0.1, 0.15) is 0 Å². The lowest BCUT2D eigenvalue weighted by atomic mass is 10.2. The number of carboxylic acid groups (broad SMARTS) is 1. The van der Waals surface area contributed by atoms with Gasteiger partial charge in [0.15, 0.2) is 17.9 Å². The molecule has 1 rings (SSSR count). The summed E-state index contributed by atoms with van der Waals surface area (Å²) in [7, 11) is 0. The van der Waals surface area contributed by atoms with E-state index in [0.29, 0.717) is 5.56 Å². The van der Waals surface area contributed by atoms with E-state index in [-0.39, 0.29) is 5.75 Å². The largest absolute Gasteiger partial charge is 0.478 e. The Bertz CT molecular complexity index is 412. The Morgan fingerprint density at radius 2 is 2.25 bits per heavy atom. The molecule has 0 bridgehead atoms. The molecule has 0 spiro atoms. The van der Waals surface area contributed by atoms with Crippen LogP contribution in [0.2, 0.25) is 0 Å². The molecule has 1 unspecified atom stereocenters. The highest BCUT2D eigenvalue weighted by atomic mass is 19.1. The number of carbonyl (C=O) groups is 1. The zero-order valence-electron chi connectivity index (χ0n) is 8.55. The molecule has 0 amide bonds. The van der Waals surface area contributed by atoms with Crippen molar-refractivity contribution in [2.24, 2.45) is 0 Å². The Labute approximate surface area is 91.6 Å². The van der Waals surface area contributed by atoms with Crippen molar-refractivity contribution in [3.05, 3.63) is 35.7 Å². The van der Waals surface area contributed by atoms with Gasteiger partial charge in [-0.2, -0.15) is 0 Å². The van der Waals surface area contributed by atoms with Gasteiger partial charge in [-0.15, -0.1) is 0 Å². The van der Waals surface area contributed by atoms with Crippen molar-refractivity contribution >= 4 is 12.0 Å². The monoisotopic (exact) mass is 226 g/mol. The van der Waals surface area contributed by atoms with Gasteiger partial charge in [0.25, 0.3) is 0 Å². The van der Waals surface area contributed by atoms with Crippen LogP contribution in [0.3, 0.4) is 0 Å². The maximum Gasteiger partial charge on any atom is 0.328 e. The molecule has 0 saturated carbocycles. The predicted octanol–water partition coefficient (Wildman–Crippen LogP) is 1.64. The molecule has 0 heterocycles. The molecule has 0 aliphatic carbocycles. The molecule has 0 fully saturated rings. The molecule has 0 aliphatic rings. The van der Waals surface area contributed by atoms with Crippen LogP contribution in [-0.2, 0) is 4.79 Å². The Kier molecular flexibility index (Phi) is 4.02. The zero-order valence-corrected chi connectivity index (χ0v) is 8.55. The third-order valence-electron chi connectivity index (χ3n) is 1.67. The van der Waals surface area contributed by atoms with Crippen LogP contribution in [0.15, 0.2) is 24.3 Å². The van der Waals surface area contributed by atoms with E-state index in [1.54, 1.807) is 0 Å². The smallest absolute Gasteiger partial charge is 0.328 e. The van der Waals surface area contributed by atoms with Crippen LogP contribution in [0.1, 0.15) is 12.5 Å². The average molecular weight is 226 g/mol. The molecule has 2 N–H and O–H groups in total. The van der Waals surface area contributed by atoms with Gasteiger partial charge in [0, 0.05) is 6.08 Å². The number of aliphatic hydroxyl groups excluding tert-OH is 1. The van der Waals surface area contributed by atoms with Gasteiger partial charge in [0.05, 0.1) is 0 Å². The molecule has 0 saturated heterocycles. The van der Waals surface area contributed by atoms with Crippen LogP contribution in [0.25, 0.3) is 6.08 Å². The van der Waals surface area contributed by atoms with E-state index in [4.69, 9.17) is 14.9 Å². The fourth-order valence-electron chi connectivity index (χ4n) is 1.07. The first kappa shape index (κ1) is 12.2. The molecular weight excluding hydrogens is 215 g/mol. The van der Waals surface area contributed by atoms with Crippen molar-refractivity contribution in [3.63, 3.8) is 0 Å². The van der Waals surface area contributed by atoms with Crippen LogP contribution in [0.5, 0.6) is 5.75 Å². The van der Waals surface area contributed by atoms with Crippen molar-refractivity contribution in [3.8, 4) is 5.75 Å². The summed E-state index contributed by atoms with van der Waals surface area (Å²) in [5.41, 5.74) is 0.472. The summed E-state index contributed by atoms with van der Waals surface area (Å²) in [6.07, 6.45) is 1.10. The van der Waals surface area contributed by atoms with E-state index in [2.05, 4.69) is 0 Å². The number of hydrogen-bond donors (Lipinski definition) is 2. The molecule has 0 aliphatic heterocycles. The summed E-state index contributed by atoms with van der Waals surface area (Å²) < 4.78 is 17.9. The molecule has 5 heteroatoms. The highest BCUT2D eigenvalue weighted by Crippen LogP contribution is 2.20. The lowest BCUT2D eigenvalue weighted by molar-refractivity contribution is -0.131. The third-order valence-corrected chi connectivity index (χ3v) is 1.67. The normalized spacial score (nSPS) is 12.7. The van der Waals surface area contributed by atoms with Gasteiger partial charge in [-0.1, -0.05) is 6.07 Å². The minimum Gasteiger partial charge on any atom is -0.478 e. The van der Waals surface area contributed by atoms with Gasteiger partial charge in [-0.25, -0.2) is 9.18 Å². The standard InChI is InChI=1S/C11H11FO4/c1-7(13)16-10-6-8(2-4-9(10)12)3-5-11(14)15/h2-7,13H,1H3,(H,14,15)/b5-3+. The number of aliphatic carboxylic acids is 1. The van der Waals surface area contributed by atoms with Gasteiger partial charge in [-0.3, -0.25) is 0 Å². The lowest BCUT2D eigenvalue weighted by Crippen LogP contribution is -2.10. The van der Waals surface area contributed by atoms with E-state index in [9.17, 15) is 9.18 Å². The predicted molar refractivity (Wildman–Crippen MR) is 55.4 cm³/mol. The molecule has 0 aromatic heterocycles. The molecule has 0 radical (unpaired) electrons. The fraction of sp³-hybridized carbons (Fsp3) is 0.182. The van der Waals surface area contributed by atoms with Crippen molar-refractivity contribution < 1.29 is 24.1 Å². The summed E-state index contributed by atoms with van der Waals surface area (Å²) in [6.45, 7) is 1.35. The van der Waals surface area contributed by atoms with Crippen LogP contribution in [-0.4, -0.2) is 22.5 Å². The first-order chi connectivity index (χ1) is 7.49. The molecule has 16 heavy (non-hydrogen) atoms. The summed E-state index contributed by atoms with van der Waals surface area (Å²) in [6, 6.07) is 3.85. The summed E-state index contributed by atoms with van der Waals surface area (Å²) in [5.74, 6) is -1.83. The highest BCUT2D eigenvalue weighted by Gasteiger charge is 2.06. The highest BCUT2D eigenvalue weighted by molar-refractivity contribution is 5.85. The maximum absolute atomic E-state index is 13.2. The molecule has 1 atom stereocenters. The first-order valence-corrected chi connectivity index (χ1v) is 4.54. The average Bonchev–Trinajstić information content (AvgIpc) is 2.18. The van der Waals surface area contributed by atoms with Crippen molar-refractivity contribution in [2.75, 3.05) is 0 Å². The third kappa shape index (κ3) is 3.70. The Hall–Kier alpha value is -1.88. The minimum atomic E-state index is -1.13. The van der Waals surface area contributed by atoms with Crippen LogP contribution in [0.4, 0.5) is 4.39 Å². The number of ether oxygens (including phenoxy) is 1. The summed E-state index contributed by atoms with van der Waals surface area (Å²) in [4.78, 5) is 10.3. The second-order valence-electron chi connectivity index (χ2n) is 3.08. The maximum atomic E-state index is 13.2.